The summed E-state index contributed by atoms with van der Waals surface area (Å²) < 4.78 is 4.78. The Labute approximate surface area is 104 Å². The summed E-state index contributed by atoms with van der Waals surface area (Å²) in [5, 5.41) is 3.80. The van der Waals surface area contributed by atoms with Crippen molar-refractivity contribution in [2.24, 2.45) is 0 Å². The summed E-state index contributed by atoms with van der Waals surface area (Å²) in [6.07, 6.45) is 0.980. The monoisotopic (exact) mass is 250 g/mol. The molecule has 5 heteroatoms. The molecule has 0 fully saturated rings. The molecule has 0 spiro atoms. The lowest BCUT2D eigenvalue weighted by molar-refractivity contribution is 0.168. The first-order valence-electron chi connectivity index (χ1n) is 5.19. The number of carbonyl (C=O) groups is 1. The topological polar surface area (TPSA) is 51.2 Å². The van der Waals surface area contributed by atoms with E-state index in [1.807, 2.05) is 24.3 Å². The maximum Gasteiger partial charge on any atom is 0.411 e. The first-order chi connectivity index (χ1) is 8.22. The van der Waals surface area contributed by atoms with E-state index < -0.39 is 6.09 Å². The van der Waals surface area contributed by atoms with Gasteiger partial charge in [-0.2, -0.15) is 0 Å². The van der Waals surface area contributed by atoms with Crippen LogP contribution in [0.5, 0.6) is 0 Å². The Hall–Kier alpha value is -1.81. The van der Waals surface area contributed by atoms with Crippen LogP contribution in [0.1, 0.15) is 6.92 Å². The van der Waals surface area contributed by atoms with Gasteiger partial charge in [0.25, 0.3) is 0 Å². The molecular formula is C12H11ClN2O2. The number of ether oxygens (including phenoxy) is 1. The van der Waals surface area contributed by atoms with Gasteiger partial charge in [0.05, 0.1) is 29.0 Å². The minimum Gasteiger partial charge on any atom is -0.450 e. The molecule has 88 valence electrons. The summed E-state index contributed by atoms with van der Waals surface area (Å²) in [5.74, 6) is 0. The molecule has 0 unspecified atom stereocenters. The van der Waals surface area contributed by atoms with Gasteiger partial charge in [0.15, 0.2) is 0 Å². The summed E-state index contributed by atoms with van der Waals surface area (Å²) in [7, 11) is 0. The number of carbonyl (C=O) groups excluding carboxylic acids is 1. The highest BCUT2D eigenvalue weighted by atomic mass is 35.5. The van der Waals surface area contributed by atoms with E-state index in [0.29, 0.717) is 17.3 Å². The number of benzene rings is 1. The highest BCUT2D eigenvalue weighted by Gasteiger charge is 2.09. The molecule has 1 amide bonds. The zero-order valence-electron chi connectivity index (χ0n) is 9.24. The molecule has 0 aliphatic carbocycles. The Morgan fingerprint density at radius 1 is 1.47 bits per heavy atom. The van der Waals surface area contributed by atoms with Crippen molar-refractivity contribution < 1.29 is 9.53 Å². The van der Waals surface area contributed by atoms with Gasteiger partial charge in [0.1, 0.15) is 0 Å². The average molecular weight is 251 g/mol. The number of nitrogens with zero attached hydrogens (tertiary/aromatic N) is 1. The Kier molecular flexibility index (Phi) is 3.44. The molecule has 2 rings (SSSR count). The standard InChI is InChI=1S/C12H11ClN2O2/c1-2-17-12(16)15-10-7-14-9-6-4-3-5-8(9)11(10)13/h3-7H,2H2,1H3,(H,15,16). The van der Waals surface area contributed by atoms with E-state index in [2.05, 4.69) is 10.3 Å². The van der Waals surface area contributed by atoms with Crippen LogP contribution in [0.15, 0.2) is 30.5 Å². The lowest BCUT2D eigenvalue weighted by Crippen LogP contribution is -2.13. The smallest absolute Gasteiger partial charge is 0.411 e. The maximum atomic E-state index is 11.3. The fraction of sp³-hybridized carbons (Fsp3) is 0.167. The minimum atomic E-state index is -0.536. The maximum absolute atomic E-state index is 11.3. The average Bonchev–Trinajstić information content (AvgIpc) is 2.33. The quantitative estimate of drug-likeness (QED) is 0.888. The molecule has 1 aromatic carbocycles. The van der Waals surface area contributed by atoms with Crippen LogP contribution in [0.2, 0.25) is 5.02 Å². The van der Waals surface area contributed by atoms with Crippen LogP contribution in [0, 0.1) is 0 Å². The number of amides is 1. The first kappa shape index (κ1) is 11.7. The molecule has 0 saturated heterocycles. The van der Waals surface area contributed by atoms with Gasteiger partial charge < -0.3 is 4.74 Å². The molecular weight excluding hydrogens is 240 g/mol. The van der Waals surface area contributed by atoms with Gasteiger partial charge in [-0.3, -0.25) is 10.3 Å². The number of pyridine rings is 1. The second-order valence-electron chi connectivity index (χ2n) is 3.35. The van der Waals surface area contributed by atoms with Crippen LogP contribution >= 0.6 is 11.6 Å². The van der Waals surface area contributed by atoms with Crippen LogP contribution < -0.4 is 5.32 Å². The van der Waals surface area contributed by atoms with Crippen molar-refractivity contribution in [2.45, 2.75) is 6.92 Å². The van der Waals surface area contributed by atoms with Crippen LogP contribution in [-0.2, 0) is 4.74 Å². The van der Waals surface area contributed by atoms with E-state index in [9.17, 15) is 4.79 Å². The molecule has 1 N–H and O–H groups in total. The highest BCUT2D eigenvalue weighted by molar-refractivity contribution is 6.38. The lowest BCUT2D eigenvalue weighted by Gasteiger charge is -2.08. The van der Waals surface area contributed by atoms with Crippen LogP contribution in [-0.4, -0.2) is 17.7 Å². The SMILES string of the molecule is CCOC(=O)Nc1cnc2ccccc2c1Cl. The fourth-order valence-corrected chi connectivity index (χ4v) is 1.73. The van der Waals surface area contributed by atoms with Crippen LogP contribution in [0.4, 0.5) is 10.5 Å². The molecule has 17 heavy (non-hydrogen) atoms. The normalized spacial score (nSPS) is 10.2. The van der Waals surface area contributed by atoms with Gasteiger partial charge >= 0.3 is 6.09 Å². The Morgan fingerprint density at radius 3 is 3.00 bits per heavy atom. The zero-order valence-corrected chi connectivity index (χ0v) is 9.99. The van der Waals surface area contributed by atoms with Gasteiger partial charge in [-0.05, 0) is 13.0 Å². The number of nitrogens with one attached hydrogen (secondary N) is 1. The van der Waals surface area contributed by atoms with E-state index in [-0.39, 0.29) is 0 Å². The van der Waals surface area contributed by atoms with E-state index in [1.54, 1.807) is 6.92 Å². The molecule has 0 radical (unpaired) electrons. The lowest BCUT2D eigenvalue weighted by atomic mass is 10.2. The number of hydrogen-bond donors (Lipinski definition) is 1. The summed E-state index contributed by atoms with van der Waals surface area (Å²) >= 11 is 6.18. The second kappa shape index (κ2) is 5.01. The van der Waals surface area contributed by atoms with Gasteiger partial charge in [-0.15, -0.1) is 0 Å². The fourth-order valence-electron chi connectivity index (χ4n) is 1.47. The van der Waals surface area contributed by atoms with Crippen LogP contribution in [0.25, 0.3) is 10.9 Å². The van der Waals surface area contributed by atoms with E-state index in [1.165, 1.54) is 6.20 Å². The third-order valence-electron chi connectivity index (χ3n) is 2.22. The summed E-state index contributed by atoms with van der Waals surface area (Å²) in [6.45, 7) is 2.05. The molecule has 4 nitrogen and oxygen atoms in total. The Bertz CT molecular complexity index is 557. The van der Waals surface area contributed by atoms with Crippen molar-refractivity contribution in [1.82, 2.24) is 4.98 Å². The van der Waals surface area contributed by atoms with E-state index in [4.69, 9.17) is 16.3 Å². The summed E-state index contributed by atoms with van der Waals surface area (Å²) in [6, 6.07) is 7.45. The van der Waals surface area contributed by atoms with Gasteiger partial charge in [-0.25, -0.2) is 4.79 Å². The number of aromatic nitrogens is 1. The molecule has 0 atom stereocenters. The third kappa shape index (κ3) is 2.47. The molecule has 0 aliphatic heterocycles. The minimum absolute atomic E-state index is 0.310. The van der Waals surface area contributed by atoms with Gasteiger partial charge in [0.2, 0.25) is 0 Å². The van der Waals surface area contributed by atoms with Crippen molar-refractivity contribution in [1.29, 1.82) is 0 Å². The second-order valence-corrected chi connectivity index (χ2v) is 3.73. The Balaban J connectivity index is 2.36. The van der Waals surface area contributed by atoms with E-state index >= 15 is 0 Å². The third-order valence-corrected chi connectivity index (χ3v) is 2.63. The predicted molar refractivity (Wildman–Crippen MR) is 67.4 cm³/mol. The van der Waals surface area contributed by atoms with Crippen molar-refractivity contribution in [3.63, 3.8) is 0 Å². The number of fused-ring (bicyclic) bond motifs is 1. The van der Waals surface area contributed by atoms with Gasteiger partial charge in [-0.1, -0.05) is 29.8 Å². The molecule has 1 heterocycles. The van der Waals surface area contributed by atoms with Crippen molar-refractivity contribution in [3.8, 4) is 0 Å². The highest BCUT2D eigenvalue weighted by Crippen LogP contribution is 2.29. The summed E-state index contributed by atoms with van der Waals surface area (Å²) in [4.78, 5) is 15.5. The van der Waals surface area contributed by atoms with Crippen molar-refractivity contribution >= 4 is 34.3 Å². The first-order valence-corrected chi connectivity index (χ1v) is 5.57. The molecule has 2 aromatic rings. The summed E-state index contributed by atoms with van der Waals surface area (Å²) in [5.41, 5.74) is 1.23. The predicted octanol–water partition coefficient (Wildman–Crippen LogP) is 3.46. The molecule has 1 aromatic heterocycles. The zero-order chi connectivity index (χ0) is 12.3. The number of anilines is 1. The number of halogens is 1. The largest absolute Gasteiger partial charge is 0.450 e. The van der Waals surface area contributed by atoms with Crippen molar-refractivity contribution in [3.05, 3.63) is 35.5 Å². The number of para-hydroxylation sites is 1. The molecule has 0 saturated carbocycles. The van der Waals surface area contributed by atoms with Crippen LogP contribution in [0.3, 0.4) is 0 Å². The molecule has 0 aliphatic rings. The van der Waals surface area contributed by atoms with Gasteiger partial charge in [0, 0.05) is 5.39 Å². The van der Waals surface area contributed by atoms with E-state index in [0.717, 1.165) is 10.9 Å². The number of rotatable bonds is 2. The number of hydrogen-bond acceptors (Lipinski definition) is 3. The Morgan fingerprint density at radius 2 is 2.24 bits per heavy atom. The molecule has 0 bridgehead atoms. The van der Waals surface area contributed by atoms with Crippen molar-refractivity contribution in [2.75, 3.05) is 11.9 Å².